The van der Waals surface area contributed by atoms with Gasteiger partial charge in [-0.3, -0.25) is 4.79 Å². The molecule has 0 radical (unpaired) electrons. The van der Waals surface area contributed by atoms with Gasteiger partial charge in [0.1, 0.15) is 0 Å². The van der Waals surface area contributed by atoms with Crippen molar-refractivity contribution in [3.8, 4) is 0 Å². The van der Waals surface area contributed by atoms with Crippen molar-refractivity contribution >= 4 is 15.9 Å². The highest BCUT2D eigenvalue weighted by Gasteiger charge is 2.27. The zero-order chi connectivity index (χ0) is 13.8. The van der Waals surface area contributed by atoms with Crippen LogP contribution in [0.1, 0.15) is 33.1 Å². The number of rotatable bonds is 5. The van der Waals surface area contributed by atoms with E-state index < -0.39 is 22.2 Å². The summed E-state index contributed by atoms with van der Waals surface area (Å²) in [7, 11) is -3.39. The third-order valence-electron chi connectivity index (χ3n) is 2.91. The van der Waals surface area contributed by atoms with Crippen LogP contribution < -0.4 is 4.72 Å². The molecule has 6 nitrogen and oxygen atoms in total. The molecule has 7 heteroatoms. The normalized spacial score (nSPS) is 22.8. The molecule has 106 valence electrons. The number of β-amino-alcohol motifs (C(OH)–C–C–N with tert-alkyl or cyclic N) is 1. The lowest BCUT2D eigenvalue weighted by Crippen LogP contribution is -2.51. The van der Waals surface area contributed by atoms with Crippen LogP contribution in [0.4, 0.5) is 0 Å². The van der Waals surface area contributed by atoms with Gasteiger partial charge in [0.05, 0.1) is 17.9 Å². The van der Waals surface area contributed by atoms with Gasteiger partial charge in [0.15, 0.2) is 0 Å². The predicted molar refractivity (Wildman–Crippen MR) is 68.5 cm³/mol. The molecule has 1 saturated heterocycles. The number of amides is 1. The summed E-state index contributed by atoms with van der Waals surface area (Å²) < 4.78 is 25.5. The zero-order valence-corrected chi connectivity index (χ0v) is 11.7. The Labute approximate surface area is 108 Å². The molecule has 1 fully saturated rings. The van der Waals surface area contributed by atoms with Crippen molar-refractivity contribution in [2.45, 2.75) is 45.3 Å². The number of hydrogen-bond donors (Lipinski definition) is 2. The first-order chi connectivity index (χ1) is 8.35. The molecule has 2 N–H and O–H groups in total. The molecular formula is C11H22N2O4S. The van der Waals surface area contributed by atoms with Crippen molar-refractivity contribution in [3.05, 3.63) is 0 Å². The van der Waals surface area contributed by atoms with Gasteiger partial charge in [0, 0.05) is 13.1 Å². The zero-order valence-electron chi connectivity index (χ0n) is 10.9. The van der Waals surface area contributed by atoms with Gasteiger partial charge in [-0.1, -0.05) is 6.92 Å². The highest BCUT2D eigenvalue weighted by molar-refractivity contribution is 7.89. The Bertz CT molecular complexity index is 383. The van der Waals surface area contributed by atoms with E-state index in [-0.39, 0.29) is 11.7 Å². The fourth-order valence-corrected chi connectivity index (χ4v) is 3.37. The third-order valence-corrected chi connectivity index (χ3v) is 4.57. The summed E-state index contributed by atoms with van der Waals surface area (Å²) in [6.45, 7) is 4.18. The lowest BCUT2D eigenvalue weighted by Gasteiger charge is -2.32. The van der Waals surface area contributed by atoms with Gasteiger partial charge in [0.25, 0.3) is 0 Å². The second-order valence-electron chi connectivity index (χ2n) is 4.74. The number of sulfonamides is 1. The fourth-order valence-electron chi connectivity index (χ4n) is 2.08. The highest BCUT2D eigenvalue weighted by atomic mass is 32.2. The van der Waals surface area contributed by atoms with Crippen LogP contribution in [0.15, 0.2) is 0 Å². The predicted octanol–water partition coefficient (Wildman–Crippen LogP) is -0.312. The molecule has 0 spiro atoms. The molecule has 1 unspecified atom stereocenters. The number of carbonyl (C=O) groups excluding carboxylic acids is 1. The van der Waals surface area contributed by atoms with Crippen molar-refractivity contribution < 1.29 is 18.3 Å². The molecule has 0 aliphatic carbocycles. The van der Waals surface area contributed by atoms with E-state index in [1.807, 2.05) is 0 Å². The quantitative estimate of drug-likeness (QED) is 0.722. The Morgan fingerprint density at radius 3 is 2.78 bits per heavy atom. The number of carbonyl (C=O) groups is 1. The molecule has 1 aliphatic rings. The molecular weight excluding hydrogens is 256 g/mol. The maximum Gasteiger partial charge on any atom is 0.240 e. The summed E-state index contributed by atoms with van der Waals surface area (Å²) in [6, 6.07) is -0.771. The minimum atomic E-state index is -3.39. The monoisotopic (exact) mass is 278 g/mol. The van der Waals surface area contributed by atoms with E-state index >= 15 is 0 Å². The van der Waals surface area contributed by atoms with E-state index in [0.29, 0.717) is 25.9 Å². The lowest BCUT2D eigenvalue weighted by molar-refractivity contribution is -0.135. The maximum absolute atomic E-state index is 12.0. The lowest BCUT2D eigenvalue weighted by atomic mass is 10.1. The number of piperidine rings is 1. The summed E-state index contributed by atoms with van der Waals surface area (Å²) in [5, 5.41) is 9.49. The highest BCUT2D eigenvalue weighted by Crippen LogP contribution is 2.11. The van der Waals surface area contributed by atoms with E-state index in [0.717, 1.165) is 6.42 Å². The van der Waals surface area contributed by atoms with Crippen molar-refractivity contribution in [2.24, 2.45) is 0 Å². The Hall–Kier alpha value is -0.660. The van der Waals surface area contributed by atoms with E-state index in [1.54, 1.807) is 6.92 Å². The van der Waals surface area contributed by atoms with Crippen LogP contribution in [0.3, 0.4) is 0 Å². The van der Waals surface area contributed by atoms with E-state index in [2.05, 4.69) is 4.72 Å². The van der Waals surface area contributed by atoms with Gasteiger partial charge in [-0.2, -0.15) is 0 Å². The fraction of sp³-hybridized carbons (Fsp3) is 0.909. The summed E-state index contributed by atoms with van der Waals surface area (Å²) >= 11 is 0. The van der Waals surface area contributed by atoms with Crippen LogP contribution in [0.2, 0.25) is 0 Å². The van der Waals surface area contributed by atoms with E-state index in [1.165, 1.54) is 11.8 Å². The van der Waals surface area contributed by atoms with Gasteiger partial charge < -0.3 is 10.0 Å². The average Bonchev–Trinajstić information content (AvgIpc) is 2.27. The molecule has 1 amide bonds. The number of likely N-dealkylation sites (tertiary alicyclic amines) is 1. The Morgan fingerprint density at radius 1 is 1.56 bits per heavy atom. The summed E-state index contributed by atoms with van der Waals surface area (Å²) in [4.78, 5) is 13.5. The number of hydrogen-bond acceptors (Lipinski definition) is 4. The molecule has 18 heavy (non-hydrogen) atoms. The van der Waals surface area contributed by atoms with Gasteiger partial charge in [-0.15, -0.1) is 0 Å². The van der Waals surface area contributed by atoms with Crippen LogP contribution in [0.5, 0.6) is 0 Å². The maximum atomic E-state index is 12.0. The van der Waals surface area contributed by atoms with E-state index in [4.69, 9.17) is 0 Å². The largest absolute Gasteiger partial charge is 0.391 e. The van der Waals surface area contributed by atoms with Crippen LogP contribution in [0, 0.1) is 0 Å². The minimum Gasteiger partial charge on any atom is -0.391 e. The molecule has 0 aromatic rings. The second kappa shape index (κ2) is 6.49. The summed E-state index contributed by atoms with van der Waals surface area (Å²) in [5.41, 5.74) is 0. The Balaban J connectivity index is 2.55. The number of aliphatic hydroxyl groups is 1. The minimum absolute atomic E-state index is 0.0211. The molecule has 0 saturated carbocycles. The van der Waals surface area contributed by atoms with Crippen molar-refractivity contribution in [1.82, 2.24) is 9.62 Å². The molecule has 1 aliphatic heterocycles. The van der Waals surface area contributed by atoms with Gasteiger partial charge >= 0.3 is 0 Å². The molecule has 0 aromatic heterocycles. The first-order valence-electron chi connectivity index (χ1n) is 6.32. The van der Waals surface area contributed by atoms with Crippen molar-refractivity contribution in [3.63, 3.8) is 0 Å². The van der Waals surface area contributed by atoms with Crippen LogP contribution >= 0.6 is 0 Å². The van der Waals surface area contributed by atoms with Crippen molar-refractivity contribution in [2.75, 3.05) is 18.8 Å². The van der Waals surface area contributed by atoms with E-state index in [9.17, 15) is 18.3 Å². The molecule has 0 aromatic carbocycles. The number of nitrogens with one attached hydrogen (secondary N) is 1. The first kappa shape index (κ1) is 15.4. The van der Waals surface area contributed by atoms with Crippen LogP contribution in [-0.2, 0) is 14.8 Å². The van der Waals surface area contributed by atoms with Gasteiger partial charge in [-0.25, -0.2) is 13.1 Å². The second-order valence-corrected chi connectivity index (χ2v) is 6.61. The Kier molecular flexibility index (Phi) is 5.55. The first-order valence-corrected chi connectivity index (χ1v) is 7.98. The van der Waals surface area contributed by atoms with Crippen LogP contribution in [0.25, 0.3) is 0 Å². The topological polar surface area (TPSA) is 86.7 Å². The average molecular weight is 278 g/mol. The molecule has 1 rings (SSSR count). The number of aliphatic hydroxyl groups excluding tert-OH is 1. The third kappa shape index (κ3) is 4.55. The van der Waals surface area contributed by atoms with Gasteiger partial charge in [-0.05, 0) is 26.2 Å². The SMILES string of the molecule is CCCS(=O)(=O)NC(C)C(=O)N1CCC[C@H](O)C1. The molecule has 2 atom stereocenters. The standard InChI is InChI=1S/C11H22N2O4S/c1-3-7-18(16,17)12-9(2)11(15)13-6-4-5-10(14)8-13/h9-10,12,14H,3-8H2,1-2H3/t9?,10-/m0/s1. The van der Waals surface area contributed by atoms with Crippen LogP contribution in [-0.4, -0.2) is 55.3 Å². The smallest absolute Gasteiger partial charge is 0.240 e. The summed E-state index contributed by atoms with van der Waals surface area (Å²) in [6.07, 6.45) is 1.46. The molecule has 0 bridgehead atoms. The van der Waals surface area contributed by atoms with Gasteiger partial charge in [0.2, 0.25) is 15.9 Å². The Morgan fingerprint density at radius 2 is 2.22 bits per heavy atom. The summed E-state index contributed by atoms with van der Waals surface area (Å²) in [5.74, 6) is -0.249. The molecule has 1 heterocycles. The number of nitrogens with zero attached hydrogens (tertiary/aromatic N) is 1. The van der Waals surface area contributed by atoms with Crippen molar-refractivity contribution in [1.29, 1.82) is 0 Å².